The number of halogens is 1. The van der Waals surface area contributed by atoms with Crippen LogP contribution >= 0.6 is 11.6 Å². The second-order valence-corrected chi connectivity index (χ2v) is 8.33. The zero-order valence-electron chi connectivity index (χ0n) is 16.0. The second-order valence-electron chi connectivity index (χ2n) is 7.89. The highest BCUT2D eigenvalue weighted by Crippen LogP contribution is 2.37. The molecule has 2 aliphatic rings. The lowest BCUT2D eigenvalue weighted by molar-refractivity contribution is -0.143. The summed E-state index contributed by atoms with van der Waals surface area (Å²) in [4.78, 5) is 18.0. The van der Waals surface area contributed by atoms with Gasteiger partial charge in [-0.1, -0.05) is 36.9 Å². The molecule has 2 aromatic rings. The number of hydrogen-bond donors (Lipinski definition) is 0. The van der Waals surface area contributed by atoms with Crippen LogP contribution in [0.1, 0.15) is 37.7 Å². The number of aromatic nitrogens is 1. The highest BCUT2D eigenvalue weighted by molar-refractivity contribution is 6.30. The van der Waals surface area contributed by atoms with E-state index in [2.05, 4.69) is 39.8 Å². The van der Waals surface area contributed by atoms with Crippen molar-refractivity contribution in [2.75, 3.05) is 31.1 Å². The molecule has 1 aliphatic heterocycles. The molecule has 5 heteroatoms. The Bertz CT molecular complexity index is 788. The maximum Gasteiger partial charge on any atom is 0.248 e. The van der Waals surface area contributed by atoms with Gasteiger partial charge in [0.05, 0.1) is 0 Å². The van der Waals surface area contributed by atoms with Gasteiger partial charge in [0, 0.05) is 49.3 Å². The predicted octanol–water partition coefficient (Wildman–Crippen LogP) is 4.46. The number of aryl methyl sites for hydroxylation is 1. The van der Waals surface area contributed by atoms with E-state index in [1.807, 2.05) is 24.3 Å². The minimum atomic E-state index is -0.379. The molecule has 1 aromatic heterocycles. The molecule has 4 rings (SSSR count). The van der Waals surface area contributed by atoms with Crippen LogP contribution in [0.5, 0.6) is 0 Å². The van der Waals surface area contributed by atoms with Crippen LogP contribution < -0.4 is 4.90 Å². The summed E-state index contributed by atoms with van der Waals surface area (Å²) >= 11 is 6.20. The third-order valence-electron chi connectivity index (χ3n) is 6.26. The maximum atomic E-state index is 13.6. The number of piperazine rings is 1. The van der Waals surface area contributed by atoms with E-state index in [4.69, 9.17) is 11.6 Å². The van der Waals surface area contributed by atoms with Crippen molar-refractivity contribution in [1.82, 2.24) is 9.47 Å². The van der Waals surface area contributed by atoms with E-state index in [0.717, 1.165) is 56.9 Å². The first kappa shape index (κ1) is 18.4. The summed E-state index contributed by atoms with van der Waals surface area (Å²) in [7, 11) is 0. The summed E-state index contributed by atoms with van der Waals surface area (Å²) in [6.45, 7) is 5.37. The van der Waals surface area contributed by atoms with Crippen LogP contribution in [-0.2, 0) is 10.3 Å². The summed E-state index contributed by atoms with van der Waals surface area (Å²) in [6.07, 6.45) is 9.53. The number of carbonyl (C=O) groups is 1. The summed E-state index contributed by atoms with van der Waals surface area (Å²) in [5, 5.41) is 0.767. The Labute approximate surface area is 166 Å². The SMILES string of the molecule is Cc1ccc(Cl)cc1N1CCN(C(=O)C2(n3cccc3)CCCCC2)CC1. The molecule has 0 N–H and O–H groups in total. The van der Waals surface area contributed by atoms with Gasteiger partial charge < -0.3 is 14.4 Å². The lowest BCUT2D eigenvalue weighted by Crippen LogP contribution is -2.57. The minimum absolute atomic E-state index is 0.306. The molecular weight excluding hydrogens is 358 g/mol. The third kappa shape index (κ3) is 3.47. The molecule has 1 saturated heterocycles. The fourth-order valence-corrected chi connectivity index (χ4v) is 4.87. The molecule has 144 valence electrons. The molecule has 2 heterocycles. The predicted molar refractivity (Wildman–Crippen MR) is 110 cm³/mol. The first-order chi connectivity index (χ1) is 13.1. The molecule has 0 atom stereocenters. The zero-order valence-corrected chi connectivity index (χ0v) is 16.8. The smallest absolute Gasteiger partial charge is 0.248 e. The molecule has 1 aromatic carbocycles. The molecule has 4 nitrogen and oxygen atoms in total. The minimum Gasteiger partial charge on any atom is -0.368 e. The molecular formula is C22H28ClN3O. The quantitative estimate of drug-likeness (QED) is 0.780. The number of hydrogen-bond acceptors (Lipinski definition) is 2. The van der Waals surface area contributed by atoms with Crippen LogP contribution in [0, 0.1) is 6.92 Å². The topological polar surface area (TPSA) is 28.5 Å². The Kier molecular flexibility index (Phi) is 5.18. The Morgan fingerprint density at radius 1 is 1.00 bits per heavy atom. The van der Waals surface area contributed by atoms with E-state index in [1.165, 1.54) is 17.7 Å². The molecule has 0 radical (unpaired) electrons. The summed E-state index contributed by atoms with van der Waals surface area (Å²) in [5.74, 6) is 0.306. The van der Waals surface area contributed by atoms with Crippen LogP contribution in [0.3, 0.4) is 0 Å². The van der Waals surface area contributed by atoms with Crippen molar-refractivity contribution < 1.29 is 4.79 Å². The summed E-state index contributed by atoms with van der Waals surface area (Å²) < 4.78 is 2.17. The molecule has 0 bridgehead atoms. The van der Waals surface area contributed by atoms with Crippen molar-refractivity contribution in [2.24, 2.45) is 0 Å². The van der Waals surface area contributed by atoms with E-state index in [9.17, 15) is 4.79 Å². The van der Waals surface area contributed by atoms with Gasteiger partial charge in [-0.2, -0.15) is 0 Å². The maximum absolute atomic E-state index is 13.6. The van der Waals surface area contributed by atoms with Gasteiger partial charge in [0.15, 0.2) is 0 Å². The molecule has 1 amide bonds. The second kappa shape index (κ2) is 7.59. The Balaban J connectivity index is 1.50. The van der Waals surface area contributed by atoms with Gasteiger partial charge in [-0.05, 0) is 49.6 Å². The van der Waals surface area contributed by atoms with E-state index in [0.29, 0.717) is 5.91 Å². The van der Waals surface area contributed by atoms with Gasteiger partial charge in [-0.25, -0.2) is 0 Å². The number of rotatable bonds is 3. The molecule has 1 saturated carbocycles. The van der Waals surface area contributed by atoms with Crippen molar-refractivity contribution in [3.05, 3.63) is 53.3 Å². The van der Waals surface area contributed by atoms with Crippen LogP contribution in [-0.4, -0.2) is 41.6 Å². The highest BCUT2D eigenvalue weighted by Gasteiger charge is 2.43. The van der Waals surface area contributed by atoms with Crippen molar-refractivity contribution in [2.45, 2.75) is 44.6 Å². The lowest BCUT2D eigenvalue weighted by atomic mass is 9.80. The van der Waals surface area contributed by atoms with E-state index >= 15 is 0 Å². The summed E-state index contributed by atoms with van der Waals surface area (Å²) in [6, 6.07) is 10.1. The molecule has 1 aliphatic carbocycles. The average Bonchev–Trinajstić information content (AvgIpc) is 3.25. The summed E-state index contributed by atoms with van der Waals surface area (Å²) in [5.41, 5.74) is 2.04. The zero-order chi connectivity index (χ0) is 18.9. The van der Waals surface area contributed by atoms with Gasteiger partial charge in [0.2, 0.25) is 5.91 Å². The van der Waals surface area contributed by atoms with Crippen molar-refractivity contribution >= 4 is 23.2 Å². The molecule has 27 heavy (non-hydrogen) atoms. The highest BCUT2D eigenvalue weighted by atomic mass is 35.5. The van der Waals surface area contributed by atoms with E-state index < -0.39 is 0 Å². The Morgan fingerprint density at radius 3 is 2.33 bits per heavy atom. The van der Waals surface area contributed by atoms with Crippen LogP contribution in [0.4, 0.5) is 5.69 Å². The lowest BCUT2D eigenvalue weighted by Gasteiger charge is -2.44. The van der Waals surface area contributed by atoms with Gasteiger partial charge >= 0.3 is 0 Å². The normalized spacial score (nSPS) is 19.9. The Morgan fingerprint density at radius 2 is 1.67 bits per heavy atom. The third-order valence-corrected chi connectivity index (χ3v) is 6.49. The molecule has 0 spiro atoms. The number of amides is 1. The van der Waals surface area contributed by atoms with E-state index in [1.54, 1.807) is 0 Å². The van der Waals surface area contributed by atoms with Crippen LogP contribution in [0.25, 0.3) is 0 Å². The number of benzene rings is 1. The monoisotopic (exact) mass is 385 g/mol. The van der Waals surface area contributed by atoms with E-state index in [-0.39, 0.29) is 5.54 Å². The van der Waals surface area contributed by atoms with Gasteiger partial charge in [0.25, 0.3) is 0 Å². The van der Waals surface area contributed by atoms with Crippen molar-refractivity contribution in [3.8, 4) is 0 Å². The standard InChI is InChI=1S/C22H28ClN3O/c1-18-7-8-19(23)17-20(18)24-13-15-25(16-14-24)21(27)22(9-3-2-4-10-22)26-11-5-6-12-26/h5-8,11-12,17H,2-4,9-10,13-16H2,1H3. The van der Waals surface area contributed by atoms with Crippen LogP contribution in [0.2, 0.25) is 5.02 Å². The number of nitrogens with zero attached hydrogens (tertiary/aromatic N) is 3. The first-order valence-electron chi connectivity index (χ1n) is 10.0. The fourth-order valence-electron chi connectivity index (χ4n) is 4.71. The van der Waals surface area contributed by atoms with Gasteiger partial charge in [-0.3, -0.25) is 4.79 Å². The number of anilines is 1. The largest absolute Gasteiger partial charge is 0.368 e. The van der Waals surface area contributed by atoms with Crippen LogP contribution in [0.15, 0.2) is 42.7 Å². The number of carbonyl (C=O) groups excluding carboxylic acids is 1. The Hall–Kier alpha value is -1.94. The fraction of sp³-hybridized carbons (Fsp3) is 0.500. The molecule has 2 fully saturated rings. The van der Waals surface area contributed by atoms with Gasteiger partial charge in [0.1, 0.15) is 5.54 Å². The first-order valence-corrected chi connectivity index (χ1v) is 10.4. The van der Waals surface area contributed by atoms with Gasteiger partial charge in [-0.15, -0.1) is 0 Å². The van der Waals surface area contributed by atoms with Crippen molar-refractivity contribution in [1.29, 1.82) is 0 Å². The molecule has 0 unspecified atom stereocenters. The average molecular weight is 386 g/mol. The van der Waals surface area contributed by atoms with Crippen molar-refractivity contribution in [3.63, 3.8) is 0 Å².